The fourth-order valence-electron chi connectivity index (χ4n) is 2.98. The first-order valence-electron chi connectivity index (χ1n) is 10.7. The Labute approximate surface area is 178 Å². The Hall–Kier alpha value is -2.71. The van der Waals surface area contributed by atoms with Crippen molar-refractivity contribution in [3.63, 3.8) is 0 Å². The monoisotopic (exact) mass is 422 g/mol. The first-order chi connectivity index (χ1) is 14.4. The van der Waals surface area contributed by atoms with E-state index in [2.05, 4.69) is 16.0 Å². The van der Waals surface area contributed by atoms with Crippen LogP contribution in [-0.2, 0) is 24.0 Å². The Morgan fingerprint density at radius 3 is 1.67 bits per heavy atom. The second kappa shape index (κ2) is 15.2. The van der Waals surface area contributed by atoms with Gasteiger partial charge in [-0.25, -0.2) is 0 Å². The van der Waals surface area contributed by atoms with E-state index < -0.39 is 0 Å². The molecule has 1 rings (SSSR count). The summed E-state index contributed by atoms with van der Waals surface area (Å²) in [6.45, 7) is 1.43. The number of nitrogens with one attached hydrogen (secondary N) is 3. The van der Waals surface area contributed by atoms with Crippen LogP contribution in [0.1, 0.15) is 64.2 Å². The highest BCUT2D eigenvalue weighted by molar-refractivity contribution is 6.12. The lowest BCUT2D eigenvalue weighted by molar-refractivity contribution is -0.137. The Morgan fingerprint density at radius 1 is 0.700 bits per heavy atom. The summed E-state index contributed by atoms with van der Waals surface area (Å²) in [7, 11) is 1.62. The molecule has 3 N–H and O–H groups in total. The van der Waals surface area contributed by atoms with Gasteiger partial charge < -0.3 is 16.0 Å². The minimum absolute atomic E-state index is 0.0332. The number of amides is 5. The van der Waals surface area contributed by atoms with Crippen LogP contribution in [0.5, 0.6) is 0 Å². The van der Waals surface area contributed by atoms with Crippen LogP contribution in [0.4, 0.5) is 0 Å². The minimum atomic E-state index is -0.328. The molecule has 0 radical (unpaired) electrons. The van der Waals surface area contributed by atoms with Gasteiger partial charge in [-0.1, -0.05) is 12.8 Å². The minimum Gasteiger partial charge on any atom is -0.359 e. The number of nitrogens with zero attached hydrogens (tertiary/aromatic N) is 1. The van der Waals surface area contributed by atoms with Crippen molar-refractivity contribution in [3.8, 4) is 0 Å². The van der Waals surface area contributed by atoms with Crippen molar-refractivity contribution >= 4 is 29.5 Å². The SMILES string of the molecule is CNC(=O)CCCCCNC(=O)CCCCCNC(=O)CCCN1C(=O)C=CC1=O. The first kappa shape index (κ1) is 25.3. The number of rotatable bonds is 16. The smallest absolute Gasteiger partial charge is 0.253 e. The zero-order chi connectivity index (χ0) is 22.2. The summed E-state index contributed by atoms with van der Waals surface area (Å²) < 4.78 is 0. The topological polar surface area (TPSA) is 125 Å². The van der Waals surface area contributed by atoms with Crippen LogP contribution in [-0.4, -0.2) is 61.1 Å². The van der Waals surface area contributed by atoms with Gasteiger partial charge in [0.15, 0.2) is 0 Å². The van der Waals surface area contributed by atoms with Gasteiger partial charge >= 0.3 is 0 Å². The molecular weight excluding hydrogens is 388 g/mol. The maximum atomic E-state index is 11.8. The van der Waals surface area contributed by atoms with Crippen molar-refractivity contribution in [1.82, 2.24) is 20.9 Å². The molecule has 1 aliphatic heterocycles. The number of unbranched alkanes of at least 4 members (excludes halogenated alkanes) is 4. The third kappa shape index (κ3) is 11.3. The number of imide groups is 1. The van der Waals surface area contributed by atoms with Crippen LogP contribution >= 0.6 is 0 Å². The summed E-state index contributed by atoms with van der Waals surface area (Å²) in [5.41, 5.74) is 0. The lowest BCUT2D eigenvalue weighted by atomic mass is 10.1. The Morgan fingerprint density at radius 2 is 1.17 bits per heavy atom. The molecule has 0 aromatic carbocycles. The van der Waals surface area contributed by atoms with Crippen molar-refractivity contribution in [1.29, 1.82) is 0 Å². The maximum absolute atomic E-state index is 11.8. The molecule has 30 heavy (non-hydrogen) atoms. The molecule has 0 bridgehead atoms. The Balaban J connectivity index is 1.89. The molecule has 0 saturated heterocycles. The highest BCUT2D eigenvalue weighted by Gasteiger charge is 2.22. The van der Waals surface area contributed by atoms with Gasteiger partial charge in [-0.05, 0) is 32.1 Å². The van der Waals surface area contributed by atoms with Gasteiger partial charge in [0.1, 0.15) is 0 Å². The van der Waals surface area contributed by atoms with E-state index in [-0.39, 0.29) is 42.5 Å². The van der Waals surface area contributed by atoms with Crippen molar-refractivity contribution in [2.75, 3.05) is 26.7 Å². The Bertz CT molecular complexity index is 615. The van der Waals surface area contributed by atoms with Crippen molar-refractivity contribution < 1.29 is 24.0 Å². The van der Waals surface area contributed by atoms with E-state index in [0.717, 1.165) is 43.4 Å². The fraction of sp³-hybridized carbons (Fsp3) is 0.667. The zero-order valence-corrected chi connectivity index (χ0v) is 17.8. The average molecular weight is 423 g/mol. The van der Waals surface area contributed by atoms with Crippen molar-refractivity contribution in [3.05, 3.63) is 12.2 Å². The molecule has 0 aliphatic carbocycles. The van der Waals surface area contributed by atoms with Gasteiger partial charge in [0.2, 0.25) is 17.7 Å². The molecule has 0 spiro atoms. The number of carbonyl (C=O) groups excluding carboxylic acids is 5. The van der Waals surface area contributed by atoms with Crippen molar-refractivity contribution in [2.24, 2.45) is 0 Å². The third-order valence-electron chi connectivity index (χ3n) is 4.77. The second-order valence-corrected chi connectivity index (χ2v) is 7.26. The van der Waals surface area contributed by atoms with Crippen LogP contribution in [0.2, 0.25) is 0 Å². The lowest BCUT2D eigenvalue weighted by Gasteiger charge is -2.13. The van der Waals surface area contributed by atoms with Gasteiger partial charge in [-0.2, -0.15) is 0 Å². The number of hydrogen-bond donors (Lipinski definition) is 3. The van der Waals surface area contributed by atoms with Gasteiger partial charge in [0.05, 0.1) is 0 Å². The molecule has 0 unspecified atom stereocenters. The summed E-state index contributed by atoms with van der Waals surface area (Å²) >= 11 is 0. The first-order valence-corrected chi connectivity index (χ1v) is 10.7. The normalized spacial score (nSPS) is 12.9. The fourth-order valence-corrected chi connectivity index (χ4v) is 2.98. The summed E-state index contributed by atoms with van der Waals surface area (Å²) in [5, 5.41) is 8.28. The van der Waals surface area contributed by atoms with Crippen LogP contribution in [0.25, 0.3) is 0 Å². The van der Waals surface area contributed by atoms with E-state index in [0.29, 0.717) is 32.4 Å². The van der Waals surface area contributed by atoms with E-state index in [1.54, 1.807) is 7.05 Å². The highest BCUT2D eigenvalue weighted by Crippen LogP contribution is 2.05. The molecule has 1 heterocycles. The molecule has 168 valence electrons. The van der Waals surface area contributed by atoms with Crippen LogP contribution in [0.3, 0.4) is 0 Å². The predicted molar refractivity (Wildman–Crippen MR) is 112 cm³/mol. The van der Waals surface area contributed by atoms with E-state index in [9.17, 15) is 24.0 Å². The van der Waals surface area contributed by atoms with Crippen LogP contribution in [0.15, 0.2) is 12.2 Å². The molecule has 9 heteroatoms. The van der Waals surface area contributed by atoms with Crippen LogP contribution in [0, 0.1) is 0 Å². The van der Waals surface area contributed by atoms with Gasteiger partial charge in [0.25, 0.3) is 11.8 Å². The standard InChI is InChI=1S/C21H34N4O5/c1-22-17(26)9-4-2-6-14-23-18(27)10-5-3-7-15-24-19(28)11-8-16-25-20(29)12-13-21(25)30/h12-13H,2-11,14-16H2,1H3,(H,22,26)(H,23,27)(H,24,28). The molecule has 0 aromatic heterocycles. The molecule has 0 fully saturated rings. The van der Waals surface area contributed by atoms with Gasteiger partial charge in [-0.3, -0.25) is 28.9 Å². The molecule has 0 aromatic rings. The lowest BCUT2D eigenvalue weighted by Crippen LogP contribution is -2.32. The molecule has 0 atom stereocenters. The van der Waals surface area contributed by atoms with Crippen molar-refractivity contribution in [2.45, 2.75) is 64.2 Å². The summed E-state index contributed by atoms with van der Waals surface area (Å²) in [6, 6.07) is 0. The third-order valence-corrected chi connectivity index (χ3v) is 4.77. The summed E-state index contributed by atoms with van der Waals surface area (Å²) in [4.78, 5) is 58.5. The van der Waals surface area contributed by atoms with E-state index >= 15 is 0 Å². The van der Waals surface area contributed by atoms with Gasteiger partial charge in [0, 0.05) is 58.1 Å². The highest BCUT2D eigenvalue weighted by atomic mass is 16.2. The van der Waals surface area contributed by atoms with Crippen LogP contribution < -0.4 is 16.0 Å². The summed E-state index contributed by atoms with van der Waals surface area (Å²) in [5.74, 6) is -0.680. The largest absolute Gasteiger partial charge is 0.359 e. The van der Waals surface area contributed by atoms with E-state index in [1.165, 1.54) is 12.2 Å². The number of carbonyl (C=O) groups is 5. The molecule has 9 nitrogen and oxygen atoms in total. The van der Waals surface area contributed by atoms with Gasteiger partial charge in [-0.15, -0.1) is 0 Å². The Kier molecular flexibility index (Phi) is 12.8. The molecule has 0 saturated carbocycles. The molecular formula is C21H34N4O5. The molecule has 5 amide bonds. The quantitative estimate of drug-likeness (QED) is 0.251. The number of hydrogen-bond acceptors (Lipinski definition) is 5. The van der Waals surface area contributed by atoms with E-state index in [1.807, 2.05) is 0 Å². The summed E-state index contributed by atoms with van der Waals surface area (Å²) in [6.07, 6.45) is 9.19. The second-order valence-electron chi connectivity index (χ2n) is 7.26. The average Bonchev–Trinajstić information content (AvgIpc) is 3.04. The predicted octanol–water partition coefficient (Wildman–Crippen LogP) is 0.791. The van der Waals surface area contributed by atoms with E-state index in [4.69, 9.17) is 0 Å². The maximum Gasteiger partial charge on any atom is 0.253 e. The zero-order valence-electron chi connectivity index (χ0n) is 17.8. The molecule has 1 aliphatic rings.